The zero-order valence-corrected chi connectivity index (χ0v) is 11.3. The van der Waals surface area contributed by atoms with Gasteiger partial charge < -0.3 is 15.0 Å². The van der Waals surface area contributed by atoms with Gasteiger partial charge in [-0.3, -0.25) is 4.79 Å². The Hall–Kier alpha value is -2.70. The van der Waals surface area contributed by atoms with Crippen molar-refractivity contribution in [2.24, 2.45) is 7.05 Å². The predicted molar refractivity (Wildman–Crippen MR) is 71.4 cm³/mol. The maximum absolute atomic E-state index is 13.2. The SMILES string of the molecule is Cc1ccc(C(=O)Nc2cc(F)c(F)cc2C(=O)O)n1C. The fourth-order valence-corrected chi connectivity index (χ4v) is 1.85. The van der Waals surface area contributed by atoms with Gasteiger partial charge in [0, 0.05) is 18.8 Å². The lowest BCUT2D eigenvalue weighted by Crippen LogP contribution is -2.18. The highest BCUT2D eigenvalue weighted by Gasteiger charge is 2.19. The van der Waals surface area contributed by atoms with Crippen molar-refractivity contribution in [1.29, 1.82) is 0 Å². The molecular weight excluding hydrogens is 282 g/mol. The molecular formula is C14H12F2N2O3. The molecule has 7 heteroatoms. The Balaban J connectivity index is 2.39. The van der Waals surface area contributed by atoms with E-state index in [2.05, 4.69) is 5.32 Å². The first-order valence-electron chi connectivity index (χ1n) is 5.97. The number of nitrogens with zero attached hydrogens (tertiary/aromatic N) is 1. The molecule has 0 saturated heterocycles. The van der Waals surface area contributed by atoms with Crippen LogP contribution in [0.4, 0.5) is 14.5 Å². The number of anilines is 1. The number of carbonyl (C=O) groups excluding carboxylic acids is 1. The molecule has 0 unspecified atom stereocenters. The average molecular weight is 294 g/mol. The van der Waals surface area contributed by atoms with E-state index in [1.165, 1.54) is 0 Å². The van der Waals surface area contributed by atoms with E-state index in [-0.39, 0.29) is 11.4 Å². The van der Waals surface area contributed by atoms with E-state index in [0.29, 0.717) is 12.1 Å². The second kappa shape index (κ2) is 5.35. The highest BCUT2D eigenvalue weighted by atomic mass is 19.2. The molecule has 0 saturated carbocycles. The number of rotatable bonds is 3. The summed E-state index contributed by atoms with van der Waals surface area (Å²) >= 11 is 0. The number of carboxylic acids is 1. The largest absolute Gasteiger partial charge is 0.478 e. The molecule has 1 amide bonds. The summed E-state index contributed by atoms with van der Waals surface area (Å²) in [7, 11) is 1.66. The Kier molecular flexibility index (Phi) is 3.75. The van der Waals surface area contributed by atoms with Crippen molar-refractivity contribution in [3.05, 3.63) is 52.9 Å². The molecule has 0 aliphatic carbocycles. The Morgan fingerprint density at radius 1 is 1.19 bits per heavy atom. The molecule has 5 nitrogen and oxygen atoms in total. The number of aromatic carboxylic acids is 1. The molecule has 0 aliphatic heterocycles. The first kappa shape index (κ1) is 14.7. The van der Waals surface area contributed by atoms with E-state index in [1.54, 1.807) is 30.7 Å². The first-order valence-corrected chi connectivity index (χ1v) is 5.97. The third-order valence-corrected chi connectivity index (χ3v) is 3.14. The van der Waals surface area contributed by atoms with Crippen LogP contribution in [0.15, 0.2) is 24.3 Å². The number of nitrogens with one attached hydrogen (secondary N) is 1. The Morgan fingerprint density at radius 3 is 2.33 bits per heavy atom. The molecule has 0 fully saturated rings. The number of carbonyl (C=O) groups is 2. The van der Waals surface area contributed by atoms with Crippen molar-refractivity contribution in [3.63, 3.8) is 0 Å². The summed E-state index contributed by atoms with van der Waals surface area (Å²) in [5, 5.41) is 11.3. The van der Waals surface area contributed by atoms with Crippen LogP contribution in [-0.2, 0) is 7.05 Å². The number of halogens is 2. The summed E-state index contributed by atoms with van der Waals surface area (Å²) in [6, 6.07) is 4.43. The zero-order valence-electron chi connectivity index (χ0n) is 11.3. The molecule has 0 bridgehead atoms. The highest BCUT2D eigenvalue weighted by Crippen LogP contribution is 2.21. The smallest absolute Gasteiger partial charge is 0.337 e. The third-order valence-electron chi connectivity index (χ3n) is 3.14. The van der Waals surface area contributed by atoms with E-state index in [9.17, 15) is 18.4 Å². The van der Waals surface area contributed by atoms with Gasteiger partial charge in [0.05, 0.1) is 11.3 Å². The normalized spacial score (nSPS) is 10.5. The van der Waals surface area contributed by atoms with E-state index < -0.39 is 29.1 Å². The minimum Gasteiger partial charge on any atom is -0.478 e. The number of amides is 1. The molecule has 0 atom stereocenters. The highest BCUT2D eigenvalue weighted by molar-refractivity contribution is 6.07. The van der Waals surface area contributed by atoms with E-state index >= 15 is 0 Å². The van der Waals surface area contributed by atoms with Gasteiger partial charge in [0.15, 0.2) is 11.6 Å². The summed E-state index contributed by atoms with van der Waals surface area (Å²) in [5.74, 6) is -4.61. The van der Waals surface area contributed by atoms with Gasteiger partial charge in [-0.15, -0.1) is 0 Å². The lowest BCUT2D eigenvalue weighted by atomic mass is 10.1. The van der Waals surface area contributed by atoms with Crippen LogP contribution in [0.2, 0.25) is 0 Å². The fraction of sp³-hybridized carbons (Fsp3) is 0.143. The average Bonchev–Trinajstić information content (AvgIpc) is 2.73. The Labute approximate surface area is 118 Å². The quantitative estimate of drug-likeness (QED) is 0.914. The van der Waals surface area contributed by atoms with Gasteiger partial charge in [-0.25, -0.2) is 13.6 Å². The summed E-state index contributed by atoms with van der Waals surface area (Å²) in [6.45, 7) is 1.79. The number of hydrogen-bond acceptors (Lipinski definition) is 2. The number of benzene rings is 1. The summed E-state index contributed by atoms with van der Waals surface area (Å²) in [5.41, 5.74) is 0.274. The summed E-state index contributed by atoms with van der Waals surface area (Å²) in [4.78, 5) is 23.1. The monoisotopic (exact) mass is 294 g/mol. The van der Waals surface area contributed by atoms with Crippen molar-refractivity contribution in [3.8, 4) is 0 Å². The zero-order chi connectivity index (χ0) is 15.7. The predicted octanol–water partition coefficient (Wildman–Crippen LogP) is 2.56. The Bertz CT molecular complexity index is 738. The van der Waals surface area contributed by atoms with Crippen molar-refractivity contribution < 1.29 is 23.5 Å². The van der Waals surface area contributed by atoms with Gasteiger partial charge in [0.2, 0.25) is 0 Å². The molecule has 110 valence electrons. The van der Waals surface area contributed by atoms with Crippen LogP contribution in [0, 0.1) is 18.6 Å². The molecule has 0 spiro atoms. The lowest BCUT2D eigenvalue weighted by Gasteiger charge is -2.10. The first-order chi connectivity index (χ1) is 9.81. The number of aryl methyl sites for hydroxylation is 1. The fourth-order valence-electron chi connectivity index (χ4n) is 1.85. The lowest BCUT2D eigenvalue weighted by molar-refractivity contribution is 0.0697. The molecule has 1 aromatic carbocycles. The molecule has 2 rings (SSSR count). The van der Waals surface area contributed by atoms with Gasteiger partial charge in [-0.2, -0.15) is 0 Å². The minimum absolute atomic E-state index is 0.272. The van der Waals surface area contributed by atoms with Crippen LogP contribution in [0.5, 0.6) is 0 Å². The topological polar surface area (TPSA) is 71.3 Å². The van der Waals surface area contributed by atoms with Gasteiger partial charge in [0.1, 0.15) is 5.69 Å². The van der Waals surface area contributed by atoms with E-state index in [1.807, 2.05) is 0 Å². The Morgan fingerprint density at radius 2 is 1.81 bits per heavy atom. The van der Waals surface area contributed by atoms with Crippen LogP contribution < -0.4 is 5.32 Å². The molecule has 0 radical (unpaired) electrons. The van der Waals surface area contributed by atoms with Crippen molar-refractivity contribution in [2.75, 3.05) is 5.32 Å². The van der Waals surface area contributed by atoms with Crippen LogP contribution in [0.1, 0.15) is 26.5 Å². The van der Waals surface area contributed by atoms with Crippen LogP contribution in [0.3, 0.4) is 0 Å². The second-order valence-corrected chi connectivity index (χ2v) is 4.49. The van der Waals surface area contributed by atoms with Crippen molar-refractivity contribution in [1.82, 2.24) is 4.57 Å². The molecule has 0 aliphatic rings. The van der Waals surface area contributed by atoms with Gasteiger partial charge in [-0.05, 0) is 25.1 Å². The van der Waals surface area contributed by atoms with Crippen molar-refractivity contribution >= 4 is 17.6 Å². The maximum atomic E-state index is 13.2. The standard InChI is InChI=1S/C14H12F2N2O3/c1-7-3-4-12(18(7)2)13(19)17-11-6-10(16)9(15)5-8(11)14(20)21/h3-6H,1-2H3,(H,17,19)(H,20,21). The number of hydrogen-bond donors (Lipinski definition) is 2. The molecule has 1 aromatic heterocycles. The number of aromatic nitrogens is 1. The van der Waals surface area contributed by atoms with E-state index in [4.69, 9.17) is 5.11 Å². The van der Waals surface area contributed by atoms with Crippen LogP contribution >= 0.6 is 0 Å². The van der Waals surface area contributed by atoms with Gasteiger partial charge >= 0.3 is 5.97 Å². The van der Waals surface area contributed by atoms with Crippen LogP contribution in [0.25, 0.3) is 0 Å². The van der Waals surface area contributed by atoms with Crippen molar-refractivity contribution in [2.45, 2.75) is 6.92 Å². The van der Waals surface area contributed by atoms with Gasteiger partial charge in [-0.1, -0.05) is 0 Å². The third kappa shape index (κ3) is 2.76. The van der Waals surface area contributed by atoms with Crippen LogP contribution in [-0.4, -0.2) is 21.6 Å². The molecule has 21 heavy (non-hydrogen) atoms. The number of carboxylic acid groups (broad SMARTS) is 1. The molecule has 2 aromatic rings. The minimum atomic E-state index is -1.47. The second-order valence-electron chi connectivity index (χ2n) is 4.49. The molecule has 2 N–H and O–H groups in total. The van der Waals surface area contributed by atoms with E-state index in [0.717, 1.165) is 5.69 Å². The summed E-state index contributed by atoms with van der Waals surface area (Å²) < 4.78 is 27.9. The van der Waals surface area contributed by atoms with Gasteiger partial charge in [0.25, 0.3) is 5.91 Å². The maximum Gasteiger partial charge on any atom is 0.337 e. The molecule has 1 heterocycles. The summed E-state index contributed by atoms with van der Waals surface area (Å²) in [6.07, 6.45) is 0.